The molecule has 262 valence electrons. The zero-order valence-corrected chi connectivity index (χ0v) is 30.1. The predicted octanol–water partition coefficient (Wildman–Crippen LogP) is 5.22. The Balaban J connectivity index is 1.14. The van der Waals surface area contributed by atoms with E-state index in [-0.39, 0.29) is 63.3 Å². The van der Waals surface area contributed by atoms with Gasteiger partial charge in [-0.05, 0) is 119 Å². The summed E-state index contributed by atoms with van der Waals surface area (Å²) < 4.78 is 25.1. The first-order chi connectivity index (χ1) is 21.5. The Morgan fingerprint density at radius 2 is 1.76 bits per heavy atom. The quantitative estimate of drug-likeness (QED) is 0.380. The summed E-state index contributed by atoms with van der Waals surface area (Å²) in [7, 11) is 1.99. The number of esters is 1. The number of carbonyl (C=O) groups is 1. The van der Waals surface area contributed by atoms with Crippen molar-refractivity contribution < 1.29 is 34.0 Å². The van der Waals surface area contributed by atoms with Crippen LogP contribution >= 0.6 is 0 Å². The van der Waals surface area contributed by atoms with Gasteiger partial charge in [0.25, 0.3) is 0 Å². The molecule has 5 aliphatic carbocycles. The normalized spacial score (nSPS) is 51.9. The molecule has 0 radical (unpaired) electrons. The van der Waals surface area contributed by atoms with E-state index in [1.807, 2.05) is 27.8 Å². The van der Waals surface area contributed by atoms with E-state index in [1.165, 1.54) is 12.8 Å². The fraction of sp³-hybridized carbons (Fsp3) is 0.974. The number of aliphatic hydroxyl groups excluding tert-OH is 1. The molecule has 5 saturated carbocycles. The molecule has 0 bridgehead atoms. The lowest BCUT2D eigenvalue weighted by Crippen LogP contribution is -2.60. The molecule has 8 heteroatoms. The maximum Gasteiger partial charge on any atom is 0.326 e. The second-order valence-corrected chi connectivity index (χ2v) is 18.6. The molecule has 1 unspecified atom stereocenters. The molecule has 7 fully saturated rings. The molecular weight excluding hydrogens is 582 g/mol. The third kappa shape index (κ3) is 4.34. The van der Waals surface area contributed by atoms with Gasteiger partial charge >= 0.3 is 5.97 Å². The topological polar surface area (TPSA) is 97.7 Å². The van der Waals surface area contributed by atoms with Gasteiger partial charge in [0, 0.05) is 24.0 Å². The number of fused-ring (bicyclic) bond motifs is 4. The summed E-state index contributed by atoms with van der Waals surface area (Å²) in [5, 5.41) is 23.6. The fourth-order valence-corrected chi connectivity index (χ4v) is 13.8. The van der Waals surface area contributed by atoms with Gasteiger partial charge < -0.3 is 29.2 Å². The summed E-state index contributed by atoms with van der Waals surface area (Å²) in [4.78, 5) is 15.5. The number of ether oxygens (including phenoxy) is 4. The maximum absolute atomic E-state index is 13.4. The summed E-state index contributed by atoms with van der Waals surface area (Å²) >= 11 is 0. The van der Waals surface area contributed by atoms with Crippen LogP contribution in [-0.4, -0.2) is 96.7 Å². The van der Waals surface area contributed by atoms with Gasteiger partial charge in [-0.1, -0.05) is 34.6 Å². The van der Waals surface area contributed by atoms with E-state index in [9.17, 15) is 15.0 Å². The van der Waals surface area contributed by atoms with Gasteiger partial charge in [-0.2, -0.15) is 0 Å². The molecule has 2 spiro atoms. The van der Waals surface area contributed by atoms with Gasteiger partial charge in [0.1, 0.15) is 18.2 Å². The van der Waals surface area contributed by atoms with Crippen LogP contribution in [-0.2, 0) is 23.7 Å². The molecule has 7 aliphatic rings. The van der Waals surface area contributed by atoms with Crippen LogP contribution in [0.1, 0.15) is 107 Å². The number of rotatable bonds is 6. The number of carbonyl (C=O) groups excluding carboxylic acids is 1. The summed E-state index contributed by atoms with van der Waals surface area (Å²) in [6, 6.07) is -0.316. The molecule has 0 aromatic carbocycles. The Hall–Kier alpha value is -0.770. The summed E-state index contributed by atoms with van der Waals surface area (Å²) in [6.07, 6.45) is 7.15. The number of likely N-dealkylation sites (N-methyl/N-ethyl adjacent to an activating group) is 1. The van der Waals surface area contributed by atoms with E-state index in [4.69, 9.17) is 18.9 Å². The van der Waals surface area contributed by atoms with Gasteiger partial charge in [0.2, 0.25) is 0 Å². The summed E-state index contributed by atoms with van der Waals surface area (Å²) in [6.45, 7) is 19.9. The number of nitrogens with zero attached hydrogens (tertiary/aromatic N) is 1. The second kappa shape index (κ2) is 10.9. The smallest absolute Gasteiger partial charge is 0.326 e. The highest BCUT2D eigenvalue weighted by Gasteiger charge is 2.84. The fourth-order valence-electron chi connectivity index (χ4n) is 13.8. The molecule has 0 amide bonds. The van der Waals surface area contributed by atoms with E-state index in [0.29, 0.717) is 37.6 Å². The van der Waals surface area contributed by atoms with Crippen molar-refractivity contribution >= 4 is 5.97 Å². The monoisotopic (exact) mass is 645 g/mol. The van der Waals surface area contributed by atoms with Crippen LogP contribution in [0.2, 0.25) is 0 Å². The summed E-state index contributed by atoms with van der Waals surface area (Å²) in [5.41, 5.74) is -0.878. The van der Waals surface area contributed by atoms with Crippen molar-refractivity contribution in [3.8, 4) is 0 Å². The van der Waals surface area contributed by atoms with Crippen molar-refractivity contribution in [2.24, 2.45) is 50.7 Å². The molecule has 14 atom stereocenters. The first-order valence-electron chi connectivity index (χ1n) is 18.7. The van der Waals surface area contributed by atoms with Crippen molar-refractivity contribution in [2.75, 3.05) is 33.4 Å². The van der Waals surface area contributed by atoms with Gasteiger partial charge in [0.15, 0.2) is 0 Å². The van der Waals surface area contributed by atoms with Crippen molar-refractivity contribution in [1.29, 1.82) is 0 Å². The highest BCUT2D eigenvalue weighted by Crippen LogP contribution is 2.89. The largest absolute Gasteiger partial charge is 0.461 e. The molecule has 2 aliphatic heterocycles. The number of morpholine rings is 1. The number of aliphatic hydroxyl groups is 2. The first kappa shape index (κ1) is 33.7. The Morgan fingerprint density at radius 1 is 1.07 bits per heavy atom. The molecule has 0 aromatic heterocycles. The number of hydrogen-bond acceptors (Lipinski definition) is 8. The van der Waals surface area contributed by atoms with Crippen molar-refractivity contribution in [3.63, 3.8) is 0 Å². The second-order valence-electron chi connectivity index (χ2n) is 18.6. The standard InChI is InChI=1S/C38H63NO7/c1-10-44-31(34(5,6)42)24-19-22(2)28-29(45-24)30(40)36(8)26-12-11-25-33(3,4)27(46-32(41)23-20-43-18-17-39(23)9)13-14-37(25)21-38(26,37)16-15-35(28,36)7/h22-31,40,42H,10-21H2,1-9H3/t22-,23-,24-,25+,26+,27+,28+,29+,30+,31+,35-,36-,37?,38+/m1/s1. The Kier molecular flexibility index (Phi) is 7.96. The zero-order valence-electron chi connectivity index (χ0n) is 30.1. The molecule has 2 heterocycles. The molecule has 0 aromatic rings. The average Bonchev–Trinajstić information content (AvgIpc) is 3.61. The highest BCUT2D eigenvalue weighted by atomic mass is 16.6. The van der Waals surface area contributed by atoms with E-state index < -0.39 is 17.8 Å². The summed E-state index contributed by atoms with van der Waals surface area (Å²) in [5.74, 6) is 1.48. The van der Waals surface area contributed by atoms with E-state index >= 15 is 0 Å². The maximum atomic E-state index is 13.4. The van der Waals surface area contributed by atoms with Crippen LogP contribution in [0.3, 0.4) is 0 Å². The van der Waals surface area contributed by atoms with Crippen molar-refractivity contribution in [1.82, 2.24) is 4.90 Å². The Labute approximate surface area is 277 Å². The van der Waals surface area contributed by atoms with Gasteiger partial charge in [-0.15, -0.1) is 0 Å². The van der Waals surface area contributed by atoms with Crippen LogP contribution in [0.15, 0.2) is 0 Å². The van der Waals surface area contributed by atoms with Crippen LogP contribution < -0.4 is 0 Å². The van der Waals surface area contributed by atoms with E-state index in [0.717, 1.165) is 45.1 Å². The Bertz CT molecular complexity index is 1200. The van der Waals surface area contributed by atoms with Crippen LogP contribution in [0.5, 0.6) is 0 Å². The molecule has 2 N–H and O–H groups in total. The SMILES string of the molecule is CCO[C@@H]([C@H]1C[C@@H](C)[C@H]2[C@H](O1)[C@H](O)[C@@]1(C)[C@@H]3CC[C@H]4C(C)(C)[C@@H](OC(=O)[C@H]5COCCN5C)CCC45C[C@@]35CC[C@]21C)C(C)(C)O. The first-order valence-corrected chi connectivity index (χ1v) is 18.7. The van der Waals surface area contributed by atoms with Crippen molar-refractivity contribution in [2.45, 2.75) is 149 Å². The molecule has 46 heavy (non-hydrogen) atoms. The van der Waals surface area contributed by atoms with Crippen LogP contribution in [0.4, 0.5) is 0 Å². The van der Waals surface area contributed by atoms with Crippen molar-refractivity contribution in [3.05, 3.63) is 0 Å². The average molecular weight is 646 g/mol. The third-order valence-corrected chi connectivity index (χ3v) is 16.1. The lowest BCUT2D eigenvalue weighted by atomic mass is 9.41. The zero-order chi connectivity index (χ0) is 33.2. The van der Waals surface area contributed by atoms with Gasteiger partial charge in [0.05, 0.1) is 37.1 Å². The number of hydrogen-bond donors (Lipinski definition) is 2. The molecular formula is C38H63NO7. The van der Waals surface area contributed by atoms with E-state index in [2.05, 4.69) is 39.5 Å². The predicted molar refractivity (Wildman–Crippen MR) is 175 cm³/mol. The lowest BCUT2D eigenvalue weighted by molar-refractivity contribution is -0.215. The molecule has 8 nitrogen and oxygen atoms in total. The lowest BCUT2D eigenvalue weighted by Gasteiger charge is -2.63. The van der Waals surface area contributed by atoms with Gasteiger partial charge in [-0.3, -0.25) is 9.69 Å². The minimum Gasteiger partial charge on any atom is -0.461 e. The van der Waals surface area contributed by atoms with Gasteiger partial charge in [-0.25, -0.2) is 0 Å². The highest BCUT2D eigenvalue weighted by molar-refractivity contribution is 5.76. The molecule has 7 rings (SSSR count). The third-order valence-electron chi connectivity index (χ3n) is 16.1. The Morgan fingerprint density at radius 3 is 2.43 bits per heavy atom. The molecule has 2 saturated heterocycles. The van der Waals surface area contributed by atoms with Crippen LogP contribution in [0.25, 0.3) is 0 Å². The minimum atomic E-state index is -1.03. The minimum absolute atomic E-state index is 0.0137. The van der Waals surface area contributed by atoms with Crippen LogP contribution in [0, 0.1) is 50.7 Å². The van der Waals surface area contributed by atoms with E-state index in [1.54, 1.807) is 0 Å².